The lowest BCUT2D eigenvalue weighted by molar-refractivity contribution is 0.267. The van der Waals surface area contributed by atoms with Crippen molar-refractivity contribution >= 4 is 89.5 Å². The molecule has 0 fully saturated rings. The van der Waals surface area contributed by atoms with Crippen LogP contribution in [0.5, 0.6) is 23.0 Å². The number of thiophene rings is 2. The molecule has 6 aromatic carbocycles. The molecule has 0 saturated carbocycles. The summed E-state index contributed by atoms with van der Waals surface area (Å²) in [5.74, 6) is 1.58. The number of aromatic hydroxyl groups is 2. The fraction of sp³-hybridized carbons (Fsp3) is 0.312. The third kappa shape index (κ3) is 9.57. The number of benzene rings is 6. The molecule has 0 spiro atoms. The summed E-state index contributed by atoms with van der Waals surface area (Å²) in [4.78, 5) is 1.41. The highest BCUT2D eigenvalue weighted by Crippen LogP contribution is 2.50. The first-order valence-electron chi connectivity index (χ1n) is 25.5. The van der Waals surface area contributed by atoms with Crippen LogP contribution in [-0.2, 0) is 21.7 Å². The zero-order chi connectivity index (χ0) is 52.8. The Morgan fingerprint density at radius 3 is 1.00 bits per heavy atom. The second kappa shape index (κ2) is 19.0. The molecular weight excluding hydrogens is 996 g/mol. The fourth-order valence-electron chi connectivity index (χ4n) is 9.99. The fourth-order valence-corrected chi connectivity index (χ4v) is 12.2. The number of nitrogens with zero attached hydrogens (tertiary/aromatic N) is 2. The van der Waals surface area contributed by atoms with Gasteiger partial charge >= 0.3 is 0 Å². The van der Waals surface area contributed by atoms with Gasteiger partial charge in [0.15, 0.2) is 11.5 Å². The Hall–Kier alpha value is -5.90. The van der Waals surface area contributed by atoms with E-state index >= 15 is 0 Å². The van der Waals surface area contributed by atoms with Crippen molar-refractivity contribution in [1.82, 2.24) is 9.13 Å². The van der Waals surface area contributed by atoms with E-state index in [9.17, 15) is 10.2 Å². The summed E-state index contributed by atoms with van der Waals surface area (Å²) in [5.41, 5.74) is 12.1. The van der Waals surface area contributed by atoms with Gasteiger partial charge in [-0.1, -0.05) is 131 Å². The lowest BCUT2D eigenvalue weighted by Crippen LogP contribution is -2.10. The molecule has 0 saturated heterocycles. The first-order valence-corrected chi connectivity index (χ1v) is 28.1. The van der Waals surface area contributed by atoms with Gasteiger partial charge < -0.3 is 28.8 Å². The molecule has 6 nitrogen and oxygen atoms in total. The van der Waals surface area contributed by atoms with Crippen molar-refractivity contribution in [1.29, 1.82) is 0 Å². The topological polar surface area (TPSA) is 68.8 Å². The molecule has 382 valence electrons. The number of hydrogen-bond acceptors (Lipinski definition) is 6. The monoisotopic (exact) mass is 1060 g/mol. The van der Waals surface area contributed by atoms with E-state index in [-0.39, 0.29) is 33.2 Å². The van der Waals surface area contributed by atoms with Crippen molar-refractivity contribution in [3.05, 3.63) is 152 Å². The summed E-state index contributed by atoms with van der Waals surface area (Å²) in [5, 5.41) is 34.2. The lowest BCUT2D eigenvalue weighted by Gasteiger charge is -2.19. The molecular formula is C64H66Cl2N2O4S2. The molecule has 10 heteroatoms. The summed E-state index contributed by atoms with van der Waals surface area (Å²) in [7, 11) is 0. The summed E-state index contributed by atoms with van der Waals surface area (Å²) < 4.78 is 17.3. The molecule has 10 rings (SSSR count). The van der Waals surface area contributed by atoms with E-state index in [2.05, 4.69) is 165 Å². The standard InChI is InChI=1S/C64H66Cl2N2O4S2/c1-61(2,3)37-15-23-49-45(29-37)46-30-38(62(4,5)6)16-24-50(46)67(49)53-35-73-59(57(53)69)43-21-19-41(65)33-55(43)71-27-13-14-28-72-56-34-42(66)20-22-44(56)60-58(70)54(36-74-60)68-51-25-17-39(63(7,8)9)31-47(51)48-32-40(64(10,11)12)18-26-52(48)68/h15-26,29-36,69-70H,13-14,27-28H2,1-12H3. The zero-order valence-electron chi connectivity index (χ0n) is 44.6. The minimum absolute atomic E-state index is 0.0221. The Morgan fingerprint density at radius 1 is 0.419 bits per heavy atom. The molecule has 0 atom stereocenters. The van der Waals surface area contributed by atoms with Gasteiger partial charge in [-0.15, -0.1) is 22.7 Å². The van der Waals surface area contributed by atoms with Crippen LogP contribution in [0.3, 0.4) is 0 Å². The average molecular weight is 1060 g/mol. The van der Waals surface area contributed by atoms with E-state index in [1.54, 1.807) is 0 Å². The number of rotatable bonds is 11. The molecule has 0 radical (unpaired) electrons. The second-order valence-electron chi connectivity index (χ2n) is 23.9. The van der Waals surface area contributed by atoms with Crippen LogP contribution in [0.1, 0.15) is 118 Å². The predicted octanol–water partition coefficient (Wildman–Crippen LogP) is 19.5. The van der Waals surface area contributed by atoms with E-state index in [1.165, 1.54) is 44.9 Å². The first kappa shape index (κ1) is 51.6. The number of fused-ring (bicyclic) bond motifs is 6. The SMILES string of the molecule is CC(C)(C)c1ccc2c(c1)c1cc(C(C)(C)C)ccc1n2-c1csc(-c2ccc(Cl)cc2OCCCCOc2cc(Cl)ccc2-c2scc(-n3c4ccc(C(C)(C)C)cc4c4cc(C(C)(C)C)ccc43)c2O)c1O. The summed E-state index contributed by atoms with van der Waals surface area (Å²) in [6, 6.07) is 38.0. The maximum Gasteiger partial charge on any atom is 0.158 e. The highest BCUT2D eigenvalue weighted by atomic mass is 35.5. The van der Waals surface area contributed by atoms with Crippen molar-refractivity contribution in [3.63, 3.8) is 0 Å². The smallest absolute Gasteiger partial charge is 0.158 e. The number of hydrogen-bond donors (Lipinski definition) is 2. The molecule has 0 aliphatic heterocycles. The van der Waals surface area contributed by atoms with Gasteiger partial charge in [0.25, 0.3) is 0 Å². The average Bonchev–Trinajstić information content (AvgIpc) is 4.08. The Morgan fingerprint density at radius 2 is 0.716 bits per heavy atom. The van der Waals surface area contributed by atoms with Crippen molar-refractivity contribution in [2.24, 2.45) is 0 Å². The van der Waals surface area contributed by atoms with Crippen LogP contribution in [0.2, 0.25) is 10.0 Å². The quantitative estimate of drug-likeness (QED) is 0.127. The van der Waals surface area contributed by atoms with Crippen LogP contribution in [-0.4, -0.2) is 32.6 Å². The Balaban J connectivity index is 0.877. The van der Waals surface area contributed by atoms with E-state index in [0.29, 0.717) is 57.4 Å². The van der Waals surface area contributed by atoms with Crippen LogP contribution < -0.4 is 9.47 Å². The molecule has 0 aliphatic rings. The minimum atomic E-state index is -0.0221. The molecule has 0 aliphatic carbocycles. The summed E-state index contributed by atoms with van der Waals surface area (Å²) in [6.07, 6.45) is 1.38. The zero-order valence-corrected chi connectivity index (χ0v) is 47.7. The van der Waals surface area contributed by atoms with E-state index < -0.39 is 0 Å². The van der Waals surface area contributed by atoms with Crippen LogP contribution in [0, 0.1) is 0 Å². The third-order valence-electron chi connectivity index (χ3n) is 14.4. The lowest BCUT2D eigenvalue weighted by atomic mass is 9.85. The van der Waals surface area contributed by atoms with Gasteiger partial charge in [-0.2, -0.15) is 0 Å². The van der Waals surface area contributed by atoms with E-state index in [0.717, 1.165) is 66.1 Å². The molecule has 10 aromatic rings. The maximum absolute atomic E-state index is 12.2. The van der Waals surface area contributed by atoms with Crippen LogP contribution in [0.25, 0.3) is 75.9 Å². The highest BCUT2D eigenvalue weighted by molar-refractivity contribution is 7.14. The van der Waals surface area contributed by atoms with Crippen molar-refractivity contribution in [2.75, 3.05) is 13.2 Å². The van der Waals surface area contributed by atoms with Gasteiger partial charge in [0.1, 0.15) is 11.5 Å². The largest absolute Gasteiger partial charge is 0.504 e. The predicted molar refractivity (Wildman–Crippen MR) is 317 cm³/mol. The molecule has 74 heavy (non-hydrogen) atoms. The van der Waals surface area contributed by atoms with Gasteiger partial charge in [-0.25, -0.2) is 0 Å². The first-order chi connectivity index (χ1) is 34.9. The number of halogens is 2. The molecule has 4 aromatic heterocycles. The molecule has 0 bridgehead atoms. The van der Waals surface area contributed by atoms with Gasteiger partial charge in [0, 0.05) is 53.5 Å². The Labute approximate surface area is 453 Å². The molecule has 0 unspecified atom stereocenters. The van der Waals surface area contributed by atoms with Crippen molar-refractivity contribution < 1.29 is 19.7 Å². The van der Waals surface area contributed by atoms with Gasteiger partial charge in [0.2, 0.25) is 0 Å². The number of unbranched alkanes of at least 4 members (excludes halogenated alkanes) is 1. The molecule has 2 N–H and O–H groups in total. The summed E-state index contributed by atoms with van der Waals surface area (Å²) in [6.45, 7) is 27.7. The van der Waals surface area contributed by atoms with Gasteiger partial charge in [0.05, 0.1) is 56.4 Å². The van der Waals surface area contributed by atoms with Crippen LogP contribution in [0.4, 0.5) is 0 Å². The highest BCUT2D eigenvalue weighted by Gasteiger charge is 2.27. The Bertz CT molecular complexity index is 3400. The van der Waals surface area contributed by atoms with E-state index in [4.69, 9.17) is 32.7 Å². The normalized spacial score (nSPS) is 12.8. The van der Waals surface area contributed by atoms with Crippen molar-refractivity contribution in [2.45, 2.75) is 118 Å². The third-order valence-corrected chi connectivity index (χ3v) is 16.8. The summed E-state index contributed by atoms with van der Waals surface area (Å²) >= 11 is 16.2. The minimum Gasteiger partial charge on any atom is -0.504 e. The molecule has 0 amide bonds. The van der Waals surface area contributed by atoms with E-state index in [1.807, 2.05) is 47.2 Å². The van der Waals surface area contributed by atoms with Crippen molar-refractivity contribution in [3.8, 4) is 55.3 Å². The maximum atomic E-state index is 12.2. The molecule has 4 heterocycles. The van der Waals surface area contributed by atoms with Gasteiger partial charge in [-0.3, -0.25) is 0 Å². The number of aromatic nitrogens is 2. The van der Waals surface area contributed by atoms with Gasteiger partial charge in [-0.05, 0) is 142 Å². The van der Waals surface area contributed by atoms with Crippen LogP contribution in [0.15, 0.2) is 120 Å². The number of ether oxygens (including phenoxy) is 2. The Kier molecular flexibility index (Phi) is 13.3. The second-order valence-corrected chi connectivity index (χ2v) is 26.5. The van der Waals surface area contributed by atoms with Crippen LogP contribution >= 0.6 is 45.9 Å².